The number of aromatic nitrogens is 2. The highest BCUT2D eigenvalue weighted by molar-refractivity contribution is 7.89. The first-order valence-corrected chi connectivity index (χ1v) is 12.2. The zero-order chi connectivity index (χ0) is 22.0. The second-order valence-corrected chi connectivity index (χ2v) is 10.3. The molecule has 3 heterocycles. The molecule has 2 saturated heterocycles. The van der Waals surface area contributed by atoms with E-state index in [4.69, 9.17) is 0 Å². The maximum atomic E-state index is 12.9. The summed E-state index contributed by atoms with van der Waals surface area (Å²) < 4.78 is 28.3. The van der Waals surface area contributed by atoms with E-state index < -0.39 is 10.0 Å². The van der Waals surface area contributed by atoms with Gasteiger partial charge in [0.05, 0.1) is 10.6 Å². The summed E-state index contributed by atoms with van der Waals surface area (Å²) in [6.45, 7) is 4.75. The SMILES string of the molecule is Cc1ccc(=O)n(CC2CCN(C(=O)c3ccc(S(=O)(=O)N4CCCC4)cc3)CC2)n1. The van der Waals surface area contributed by atoms with Crippen molar-refractivity contribution in [2.45, 2.75) is 44.0 Å². The van der Waals surface area contributed by atoms with E-state index in [1.807, 2.05) is 6.92 Å². The zero-order valence-electron chi connectivity index (χ0n) is 17.7. The highest BCUT2D eigenvalue weighted by Gasteiger charge is 2.28. The van der Waals surface area contributed by atoms with Crippen molar-refractivity contribution in [3.8, 4) is 0 Å². The molecule has 0 unspecified atom stereocenters. The fraction of sp³-hybridized carbons (Fsp3) is 0.500. The number of benzene rings is 1. The molecular weight excluding hydrogens is 416 g/mol. The molecule has 0 spiro atoms. The van der Waals surface area contributed by atoms with Crippen molar-refractivity contribution in [1.29, 1.82) is 0 Å². The van der Waals surface area contributed by atoms with Crippen LogP contribution in [-0.2, 0) is 16.6 Å². The Kier molecular flexibility index (Phi) is 6.24. The van der Waals surface area contributed by atoms with E-state index >= 15 is 0 Å². The average Bonchev–Trinajstić information content (AvgIpc) is 3.32. The zero-order valence-corrected chi connectivity index (χ0v) is 18.6. The lowest BCUT2D eigenvalue weighted by molar-refractivity contribution is 0.0680. The van der Waals surface area contributed by atoms with Gasteiger partial charge in [-0.2, -0.15) is 9.40 Å². The Labute approximate surface area is 182 Å². The number of likely N-dealkylation sites (tertiary alicyclic amines) is 1. The highest BCUT2D eigenvalue weighted by Crippen LogP contribution is 2.23. The Morgan fingerprint density at radius 2 is 1.65 bits per heavy atom. The number of carbonyl (C=O) groups excluding carboxylic acids is 1. The second-order valence-electron chi connectivity index (χ2n) is 8.37. The summed E-state index contributed by atoms with van der Waals surface area (Å²) in [7, 11) is -3.48. The number of amides is 1. The monoisotopic (exact) mass is 444 g/mol. The van der Waals surface area contributed by atoms with Crippen LogP contribution in [0.3, 0.4) is 0 Å². The predicted octanol–water partition coefficient (Wildman–Crippen LogP) is 1.89. The molecule has 2 aliphatic heterocycles. The predicted molar refractivity (Wildman–Crippen MR) is 116 cm³/mol. The molecule has 0 radical (unpaired) electrons. The van der Waals surface area contributed by atoms with Gasteiger partial charge < -0.3 is 4.90 Å². The number of carbonyl (C=O) groups is 1. The first-order valence-electron chi connectivity index (χ1n) is 10.8. The standard InChI is InChI=1S/C22H28N4O4S/c1-17-4-9-21(27)26(23-17)16-18-10-14-24(15-11-18)22(28)19-5-7-20(8-6-19)31(29,30)25-12-2-3-13-25/h4-9,18H,2-3,10-16H2,1H3. The minimum absolute atomic E-state index is 0.0885. The van der Waals surface area contributed by atoms with Crippen LogP contribution in [0.5, 0.6) is 0 Å². The van der Waals surface area contributed by atoms with E-state index in [0.29, 0.717) is 44.2 Å². The number of hydrogen-bond donors (Lipinski definition) is 0. The van der Waals surface area contributed by atoms with Crippen LogP contribution in [0.15, 0.2) is 46.1 Å². The molecule has 8 nitrogen and oxygen atoms in total. The summed E-state index contributed by atoms with van der Waals surface area (Å²) in [5.74, 6) is 0.207. The van der Waals surface area contributed by atoms with Gasteiger partial charge in [-0.3, -0.25) is 9.59 Å². The van der Waals surface area contributed by atoms with Crippen molar-refractivity contribution in [2.75, 3.05) is 26.2 Å². The summed E-state index contributed by atoms with van der Waals surface area (Å²) in [5.41, 5.74) is 1.20. The van der Waals surface area contributed by atoms with Gasteiger partial charge >= 0.3 is 0 Å². The molecule has 1 amide bonds. The molecule has 2 fully saturated rings. The van der Waals surface area contributed by atoms with Crippen molar-refractivity contribution in [2.24, 2.45) is 5.92 Å². The second kappa shape index (κ2) is 8.92. The van der Waals surface area contributed by atoms with Gasteiger partial charge in [-0.15, -0.1) is 0 Å². The van der Waals surface area contributed by atoms with Crippen molar-refractivity contribution in [3.05, 3.63) is 58.0 Å². The van der Waals surface area contributed by atoms with E-state index in [9.17, 15) is 18.0 Å². The first kappa shape index (κ1) is 21.7. The van der Waals surface area contributed by atoms with Crippen LogP contribution in [0, 0.1) is 12.8 Å². The van der Waals surface area contributed by atoms with Crippen molar-refractivity contribution in [3.63, 3.8) is 0 Å². The fourth-order valence-corrected chi connectivity index (χ4v) is 5.79. The molecule has 31 heavy (non-hydrogen) atoms. The Morgan fingerprint density at radius 1 is 1.00 bits per heavy atom. The van der Waals surface area contributed by atoms with E-state index in [1.165, 1.54) is 27.2 Å². The Bertz CT molecular complexity index is 1100. The molecule has 2 aromatic rings. The first-order chi connectivity index (χ1) is 14.8. The van der Waals surface area contributed by atoms with E-state index in [-0.39, 0.29) is 16.4 Å². The lowest BCUT2D eigenvalue weighted by atomic mass is 9.96. The molecule has 1 aromatic heterocycles. The number of nitrogens with zero attached hydrogens (tertiary/aromatic N) is 4. The molecule has 166 valence electrons. The number of sulfonamides is 1. The van der Waals surface area contributed by atoms with Crippen LogP contribution < -0.4 is 5.56 Å². The minimum atomic E-state index is -3.48. The van der Waals surface area contributed by atoms with Crippen molar-refractivity contribution < 1.29 is 13.2 Å². The summed E-state index contributed by atoms with van der Waals surface area (Å²) in [5, 5.41) is 4.30. The largest absolute Gasteiger partial charge is 0.339 e. The number of piperidine rings is 1. The summed E-state index contributed by atoms with van der Waals surface area (Å²) in [4.78, 5) is 26.9. The summed E-state index contributed by atoms with van der Waals surface area (Å²) >= 11 is 0. The van der Waals surface area contributed by atoms with Crippen LogP contribution in [0.2, 0.25) is 0 Å². The lowest BCUT2D eigenvalue weighted by Crippen LogP contribution is -2.40. The maximum absolute atomic E-state index is 12.9. The quantitative estimate of drug-likeness (QED) is 0.702. The third kappa shape index (κ3) is 4.72. The van der Waals surface area contributed by atoms with Crippen LogP contribution >= 0.6 is 0 Å². The topological polar surface area (TPSA) is 92.6 Å². The molecule has 9 heteroatoms. The molecule has 1 aromatic carbocycles. The van der Waals surface area contributed by atoms with Gasteiger partial charge in [0.25, 0.3) is 11.5 Å². The molecule has 0 saturated carbocycles. The Hall–Kier alpha value is -2.52. The smallest absolute Gasteiger partial charge is 0.266 e. The Balaban J connectivity index is 1.36. The number of aryl methyl sites for hydroxylation is 1. The van der Waals surface area contributed by atoms with Gasteiger partial charge in [0.2, 0.25) is 10.0 Å². The van der Waals surface area contributed by atoms with E-state index in [2.05, 4.69) is 5.10 Å². The molecule has 0 atom stereocenters. The minimum Gasteiger partial charge on any atom is -0.339 e. The normalized spacial score (nSPS) is 18.4. The van der Waals surface area contributed by atoms with Gasteiger partial charge in [-0.25, -0.2) is 13.1 Å². The van der Waals surface area contributed by atoms with Gasteiger partial charge in [0.15, 0.2) is 0 Å². The van der Waals surface area contributed by atoms with Crippen LogP contribution in [0.4, 0.5) is 0 Å². The number of hydrogen-bond acceptors (Lipinski definition) is 5. The van der Waals surface area contributed by atoms with Crippen LogP contribution in [-0.4, -0.2) is 59.5 Å². The summed E-state index contributed by atoms with van der Waals surface area (Å²) in [6, 6.07) is 9.52. The third-order valence-corrected chi connectivity index (χ3v) is 8.05. The molecule has 4 rings (SSSR count). The van der Waals surface area contributed by atoms with Crippen molar-refractivity contribution in [1.82, 2.24) is 19.0 Å². The van der Waals surface area contributed by atoms with Gasteiger partial charge in [0.1, 0.15) is 0 Å². The summed E-state index contributed by atoms with van der Waals surface area (Å²) in [6.07, 6.45) is 3.38. The van der Waals surface area contributed by atoms with Gasteiger partial charge in [-0.1, -0.05) is 0 Å². The van der Waals surface area contributed by atoms with E-state index in [0.717, 1.165) is 31.4 Å². The molecule has 0 bridgehead atoms. The lowest BCUT2D eigenvalue weighted by Gasteiger charge is -2.32. The Morgan fingerprint density at radius 3 is 2.29 bits per heavy atom. The fourth-order valence-electron chi connectivity index (χ4n) is 4.27. The molecule has 0 N–H and O–H groups in total. The molecule has 0 aliphatic carbocycles. The highest BCUT2D eigenvalue weighted by atomic mass is 32.2. The van der Waals surface area contributed by atoms with Gasteiger partial charge in [0, 0.05) is 44.4 Å². The van der Waals surface area contributed by atoms with Crippen LogP contribution in [0.1, 0.15) is 41.7 Å². The molecular formula is C22H28N4O4S. The van der Waals surface area contributed by atoms with E-state index in [1.54, 1.807) is 23.1 Å². The molecule has 2 aliphatic rings. The average molecular weight is 445 g/mol. The number of rotatable bonds is 5. The van der Waals surface area contributed by atoms with Gasteiger partial charge in [-0.05, 0) is 68.9 Å². The maximum Gasteiger partial charge on any atom is 0.266 e. The van der Waals surface area contributed by atoms with Crippen molar-refractivity contribution >= 4 is 15.9 Å². The third-order valence-electron chi connectivity index (χ3n) is 6.14. The van der Waals surface area contributed by atoms with Crippen LogP contribution in [0.25, 0.3) is 0 Å².